The van der Waals surface area contributed by atoms with Crippen LogP contribution >= 0.6 is 0 Å². The van der Waals surface area contributed by atoms with E-state index >= 15 is 0 Å². The minimum Gasteiger partial charge on any atom is -0.497 e. The highest BCUT2D eigenvalue weighted by molar-refractivity contribution is 5.82. The molecule has 0 radical (unpaired) electrons. The van der Waals surface area contributed by atoms with Crippen molar-refractivity contribution in [1.29, 1.82) is 0 Å². The molecule has 0 bridgehead atoms. The Labute approximate surface area is 93.8 Å². The first-order valence-corrected chi connectivity index (χ1v) is 5.15. The topological polar surface area (TPSA) is 55.8 Å². The Hall–Kier alpha value is -1.55. The third-order valence-corrected chi connectivity index (χ3v) is 3.05. The van der Waals surface area contributed by atoms with Crippen LogP contribution in [0.1, 0.15) is 12.0 Å². The Kier molecular flexibility index (Phi) is 2.83. The van der Waals surface area contributed by atoms with Crippen molar-refractivity contribution in [1.82, 2.24) is 0 Å². The number of rotatable bonds is 3. The number of benzene rings is 1. The summed E-state index contributed by atoms with van der Waals surface area (Å²) in [5.74, 6) is -0.164. The van der Waals surface area contributed by atoms with Gasteiger partial charge in [-0.2, -0.15) is 0 Å². The van der Waals surface area contributed by atoms with Crippen LogP contribution in [0, 0.1) is 0 Å². The number of methoxy groups -OCH3 is 1. The van der Waals surface area contributed by atoms with Crippen LogP contribution in [0.4, 0.5) is 0 Å². The van der Waals surface area contributed by atoms with Gasteiger partial charge in [0.15, 0.2) is 0 Å². The van der Waals surface area contributed by atoms with Crippen LogP contribution in [0.5, 0.6) is 5.75 Å². The Balaban J connectivity index is 2.43. The molecule has 1 N–H and O–H groups in total. The van der Waals surface area contributed by atoms with E-state index in [1.165, 1.54) is 0 Å². The maximum Gasteiger partial charge on any atom is 0.316 e. The van der Waals surface area contributed by atoms with E-state index in [0.717, 1.165) is 5.56 Å². The Morgan fingerprint density at radius 1 is 1.56 bits per heavy atom. The lowest BCUT2D eigenvalue weighted by molar-refractivity contribution is -0.143. The predicted octanol–water partition coefficient (Wildman–Crippen LogP) is 1.44. The minimum atomic E-state index is -0.908. The minimum absolute atomic E-state index is 0.232. The summed E-state index contributed by atoms with van der Waals surface area (Å²) >= 11 is 0. The number of aliphatic carboxylic acids is 1. The normalized spacial score (nSPS) is 24.3. The largest absolute Gasteiger partial charge is 0.497 e. The van der Waals surface area contributed by atoms with Gasteiger partial charge in [-0.25, -0.2) is 0 Å². The lowest BCUT2D eigenvalue weighted by Gasteiger charge is -2.22. The van der Waals surface area contributed by atoms with Crippen LogP contribution in [0.2, 0.25) is 0 Å². The van der Waals surface area contributed by atoms with Crippen molar-refractivity contribution in [3.63, 3.8) is 0 Å². The molecule has 1 aromatic carbocycles. The molecular formula is C12H14O4. The SMILES string of the molecule is COc1cccc(C2(C(=O)O)CCOC2)c1. The van der Waals surface area contributed by atoms with E-state index in [2.05, 4.69) is 0 Å². The molecule has 1 atom stereocenters. The molecule has 0 aromatic heterocycles. The molecule has 1 fully saturated rings. The molecule has 1 aliphatic heterocycles. The molecule has 1 unspecified atom stereocenters. The second-order valence-corrected chi connectivity index (χ2v) is 3.92. The maximum atomic E-state index is 11.4. The van der Waals surface area contributed by atoms with Crippen molar-refractivity contribution in [2.75, 3.05) is 20.3 Å². The summed E-state index contributed by atoms with van der Waals surface area (Å²) in [6.07, 6.45) is 0.509. The standard InChI is InChI=1S/C12H14O4/c1-15-10-4-2-3-9(7-10)12(11(13)14)5-6-16-8-12/h2-4,7H,5-6,8H2,1H3,(H,13,14). The van der Waals surface area contributed by atoms with E-state index in [1.807, 2.05) is 6.07 Å². The van der Waals surface area contributed by atoms with Crippen molar-refractivity contribution in [3.05, 3.63) is 29.8 Å². The second-order valence-electron chi connectivity index (χ2n) is 3.92. The monoisotopic (exact) mass is 222 g/mol. The average Bonchev–Trinajstić information content (AvgIpc) is 2.79. The number of hydrogen-bond donors (Lipinski definition) is 1. The number of carbonyl (C=O) groups is 1. The number of ether oxygens (including phenoxy) is 2. The molecule has 2 rings (SSSR count). The predicted molar refractivity (Wildman–Crippen MR) is 57.7 cm³/mol. The summed E-state index contributed by atoms with van der Waals surface area (Å²) < 4.78 is 10.3. The third kappa shape index (κ3) is 1.65. The fourth-order valence-electron chi connectivity index (χ4n) is 2.01. The van der Waals surface area contributed by atoms with Gasteiger partial charge in [0.25, 0.3) is 0 Å². The molecule has 86 valence electrons. The Morgan fingerprint density at radius 2 is 2.38 bits per heavy atom. The van der Waals surface area contributed by atoms with Crippen molar-refractivity contribution in [2.24, 2.45) is 0 Å². The summed E-state index contributed by atoms with van der Waals surface area (Å²) in [4.78, 5) is 11.4. The summed E-state index contributed by atoms with van der Waals surface area (Å²) in [6, 6.07) is 7.18. The molecule has 0 saturated carbocycles. The van der Waals surface area contributed by atoms with Crippen LogP contribution in [0.3, 0.4) is 0 Å². The molecule has 1 aliphatic rings. The number of carboxylic acid groups (broad SMARTS) is 1. The fourth-order valence-corrected chi connectivity index (χ4v) is 2.01. The molecule has 0 amide bonds. The van der Waals surface area contributed by atoms with Crippen molar-refractivity contribution >= 4 is 5.97 Å². The lowest BCUT2D eigenvalue weighted by atomic mass is 9.80. The van der Waals surface area contributed by atoms with Crippen molar-refractivity contribution < 1.29 is 19.4 Å². The molecular weight excluding hydrogens is 208 g/mol. The zero-order valence-electron chi connectivity index (χ0n) is 9.10. The van der Waals surface area contributed by atoms with E-state index in [-0.39, 0.29) is 6.61 Å². The van der Waals surface area contributed by atoms with Gasteiger partial charge in [-0.15, -0.1) is 0 Å². The number of hydrogen-bond acceptors (Lipinski definition) is 3. The molecule has 16 heavy (non-hydrogen) atoms. The first-order chi connectivity index (χ1) is 7.69. The summed E-state index contributed by atoms with van der Waals surface area (Å²) in [6.45, 7) is 0.721. The van der Waals surface area contributed by atoms with Gasteiger partial charge >= 0.3 is 5.97 Å². The van der Waals surface area contributed by atoms with Crippen LogP contribution in [0.25, 0.3) is 0 Å². The Bertz CT molecular complexity index is 394. The van der Waals surface area contributed by atoms with E-state index in [4.69, 9.17) is 9.47 Å². The van der Waals surface area contributed by atoms with Crippen LogP contribution in [0.15, 0.2) is 24.3 Å². The second kappa shape index (κ2) is 4.14. The van der Waals surface area contributed by atoms with Gasteiger partial charge in [0, 0.05) is 6.61 Å². The lowest BCUT2D eigenvalue weighted by Crippen LogP contribution is -2.36. The van der Waals surface area contributed by atoms with Gasteiger partial charge in [-0.3, -0.25) is 4.79 Å². The van der Waals surface area contributed by atoms with E-state index in [0.29, 0.717) is 18.8 Å². The maximum absolute atomic E-state index is 11.4. The van der Waals surface area contributed by atoms with E-state index in [1.54, 1.807) is 25.3 Å². The van der Waals surface area contributed by atoms with Crippen LogP contribution in [-0.2, 0) is 14.9 Å². The Morgan fingerprint density at radius 3 is 2.94 bits per heavy atom. The smallest absolute Gasteiger partial charge is 0.316 e. The summed E-state index contributed by atoms with van der Waals surface area (Å²) in [5.41, 5.74) is -0.161. The van der Waals surface area contributed by atoms with Crippen molar-refractivity contribution in [3.8, 4) is 5.75 Å². The highest BCUT2D eigenvalue weighted by Gasteiger charge is 2.44. The van der Waals surface area contributed by atoms with Crippen LogP contribution in [-0.4, -0.2) is 31.4 Å². The summed E-state index contributed by atoms with van der Waals surface area (Å²) in [5, 5.41) is 9.36. The quantitative estimate of drug-likeness (QED) is 0.840. The molecule has 1 heterocycles. The van der Waals surface area contributed by atoms with Crippen molar-refractivity contribution in [2.45, 2.75) is 11.8 Å². The van der Waals surface area contributed by atoms with E-state index < -0.39 is 11.4 Å². The van der Waals surface area contributed by atoms with Gasteiger partial charge in [-0.1, -0.05) is 12.1 Å². The average molecular weight is 222 g/mol. The number of carboxylic acids is 1. The summed E-state index contributed by atoms with van der Waals surface area (Å²) in [7, 11) is 1.57. The molecule has 1 aromatic rings. The molecule has 0 aliphatic carbocycles. The van der Waals surface area contributed by atoms with Gasteiger partial charge in [0.1, 0.15) is 11.2 Å². The highest BCUT2D eigenvalue weighted by Crippen LogP contribution is 2.35. The third-order valence-electron chi connectivity index (χ3n) is 3.05. The zero-order chi connectivity index (χ0) is 11.6. The molecule has 4 heteroatoms. The zero-order valence-corrected chi connectivity index (χ0v) is 9.10. The first kappa shape index (κ1) is 11.0. The molecule has 1 saturated heterocycles. The van der Waals surface area contributed by atoms with E-state index in [9.17, 15) is 9.90 Å². The molecule has 4 nitrogen and oxygen atoms in total. The van der Waals surface area contributed by atoms with Gasteiger partial charge in [0.2, 0.25) is 0 Å². The fraction of sp³-hybridized carbons (Fsp3) is 0.417. The van der Waals surface area contributed by atoms with Gasteiger partial charge in [-0.05, 0) is 24.1 Å². The van der Waals surface area contributed by atoms with Crippen LogP contribution < -0.4 is 4.74 Å². The first-order valence-electron chi connectivity index (χ1n) is 5.15. The molecule has 0 spiro atoms. The highest BCUT2D eigenvalue weighted by atomic mass is 16.5. The van der Waals surface area contributed by atoms with Gasteiger partial charge < -0.3 is 14.6 Å². The van der Waals surface area contributed by atoms with Gasteiger partial charge in [0.05, 0.1) is 13.7 Å².